The van der Waals surface area contributed by atoms with Crippen LogP contribution in [0.25, 0.3) is 0 Å². The molecule has 3 heterocycles. The van der Waals surface area contributed by atoms with Gasteiger partial charge in [-0.15, -0.1) is 11.3 Å². The van der Waals surface area contributed by atoms with Crippen LogP contribution in [0.3, 0.4) is 0 Å². The Balaban J connectivity index is 1.38. The first kappa shape index (κ1) is 17.1. The van der Waals surface area contributed by atoms with Crippen molar-refractivity contribution in [2.75, 3.05) is 32.8 Å². The molecule has 1 atom stereocenters. The predicted molar refractivity (Wildman–Crippen MR) is 94.2 cm³/mol. The summed E-state index contributed by atoms with van der Waals surface area (Å²) in [5.74, 6) is 0.0853. The van der Waals surface area contributed by atoms with E-state index in [4.69, 9.17) is 4.74 Å². The quantitative estimate of drug-likeness (QED) is 0.820. The molecule has 1 aliphatic heterocycles. The number of carbonyl (C=O) groups is 1. The Morgan fingerprint density at radius 1 is 1.54 bits per heavy atom. The molecule has 1 fully saturated rings. The highest BCUT2D eigenvalue weighted by Gasteiger charge is 2.22. The van der Waals surface area contributed by atoms with Crippen LogP contribution >= 0.6 is 11.3 Å². The zero-order valence-corrected chi connectivity index (χ0v) is 14.8. The van der Waals surface area contributed by atoms with Gasteiger partial charge in [0.05, 0.1) is 32.0 Å². The van der Waals surface area contributed by atoms with E-state index in [1.807, 2.05) is 30.1 Å². The summed E-state index contributed by atoms with van der Waals surface area (Å²) in [5, 5.41) is 9.37. The van der Waals surface area contributed by atoms with Gasteiger partial charge in [-0.25, -0.2) is 0 Å². The Kier molecular flexibility index (Phi) is 6.01. The lowest BCUT2D eigenvalue weighted by atomic mass is 10.2. The van der Waals surface area contributed by atoms with Crippen molar-refractivity contribution in [2.45, 2.75) is 26.0 Å². The second-order valence-electron chi connectivity index (χ2n) is 6.15. The van der Waals surface area contributed by atoms with Gasteiger partial charge in [-0.2, -0.15) is 5.10 Å². The minimum Gasteiger partial charge on any atom is -0.374 e. The maximum absolute atomic E-state index is 12.1. The van der Waals surface area contributed by atoms with Gasteiger partial charge < -0.3 is 10.1 Å². The van der Waals surface area contributed by atoms with Gasteiger partial charge in [0.1, 0.15) is 0 Å². The number of nitrogens with one attached hydrogen (secondary N) is 1. The van der Waals surface area contributed by atoms with E-state index < -0.39 is 0 Å². The van der Waals surface area contributed by atoms with Crippen LogP contribution in [0.15, 0.2) is 29.9 Å². The van der Waals surface area contributed by atoms with E-state index in [0.29, 0.717) is 19.7 Å². The minimum absolute atomic E-state index is 0.0805. The third kappa shape index (κ3) is 5.15. The van der Waals surface area contributed by atoms with Crippen molar-refractivity contribution in [2.24, 2.45) is 0 Å². The number of aryl methyl sites for hydroxylation is 1. The summed E-state index contributed by atoms with van der Waals surface area (Å²) in [4.78, 5) is 15.6. The molecule has 1 N–H and O–H groups in total. The molecule has 0 saturated carbocycles. The fourth-order valence-corrected chi connectivity index (χ4v) is 3.56. The predicted octanol–water partition coefficient (Wildman–Crippen LogP) is 1.31. The van der Waals surface area contributed by atoms with Gasteiger partial charge in [0.15, 0.2) is 0 Å². The van der Waals surface area contributed by atoms with E-state index in [0.717, 1.165) is 31.6 Å². The zero-order chi connectivity index (χ0) is 16.8. The molecule has 0 spiro atoms. The van der Waals surface area contributed by atoms with E-state index in [1.54, 1.807) is 11.3 Å². The summed E-state index contributed by atoms with van der Waals surface area (Å²) in [6, 6.07) is 4.14. The Hall–Kier alpha value is -1.70. The van der Waals surface area contributed by atoms with Gasteiger partial charge in [-0.05, 0) is 30.4 Å². The zero-order valence-electron chi connectivity index (χ0n) is 14.0. The lowest BCUT2D eigenvalue weighted by molar-refractivity contribution is -0.124. The molecule has 0 radical (unpaired) electrons. The standard InChI is InChI=1S/C17H24N4O2S/c1-14-9-19-21(10-14)12-15-11-20(6-7-23-15)13-17(22)18-5-4-16-3-2-8-24-16/h2-3,8-10,15H,4-7,11-13H2,1H3,(H,18,22)/t15-/m1/s1. The van der Waals surface area contributed by atoms with E-state index in [1.165, 1.54) is 4.88 Å². The summed E-state index contributed by atoms with van der Waals surface area (Å²) in [6.07, 6.45) is 4.84. The molecule has 24 heavy (non-hydrogen) atoms. The normalized spacial score (nSPS) is 18.6. The van der Waals surface area contributed by atoms with Crippen LogP contribution in [0.4, 0.5) is 0 Å². The minimum atomic E-state index is 0.0805. The van der Waals surface area contributed by atoms with E-state index in [-0.39, 0.29) is 12.0 Å². The molecule has 130 valence electrons. The van der Waals surface area contributed by atoms with Gasteiger partial charge in [0, 0.05) is 30.7 Å². The lowest BCUT2D eigenvalue weighted by Gasteiger charge is -2.32. The van der Waals surface area contributed by atoms with Crippen molar-refractivity contribution in [3.8, 4) is 0 Å². The molecular formula is C17H24N4O2S. The highest BCUT2D eigenvalue weighted by Crippen LogP contribution is 2.09. The van der Waals surface area contributed by atoms with Crippen LogP contribution in [-0.4, -0.2) is 59.5 Å². The molecule has 0 aromatic carbocycles. The van der Waals surface area contributed by atoms with E-state index >= 15 is 0 Å². The fraction of sp³-hybridized carbons (Fsp3) is 0.529. The Labute approximate surface area is 146 Å². The number of hydrogen-bond acceptors (Lipinski definition) is 5. The number of ether oxygens (including phenoxy) is 1. The van der Waals surface area contributed by atoms with Crippen LogP contribution in [0, 0.1) is 6.92 Å². The second kappa shape index (κ2) is 8.41. The average molecular weight is 348 g/mol. The molecule has 7 heteroatoms. The number of nitrogens with zero attached hydrogens (tertiary/aromatic N) is 3. The molecule has 0 bridgehead atoms. The summed E-state index contributed by atoms with van der Waals surface area (Å²) < 4.78 is 7.71. The monoisotopic (exact) mass is 348 g/mol. The topological polar surface area (TPSA) is 59.4 Å². The number of amides is 1. The molecule has 1 saturated heterocycles. The number of thiophene rings is 1. The molecule has 2 aromatic heterocycles. The van der Waals surface area contributed by atoms with Gasteiger partial charge in [0.2, 0.25) is 5.91 Å². The van der Waals surface area contributed by atoms with E-state index in [9.17, 15) is 4.79 Å². The number of rotatable bonds is 7. The van der Waals surface area contributed by atoms with Crippen molar-refractivity contribution < 1.29 is 9.53 Å². The first-order chi connectivity index (χ1) is 11.7. The van der Waals surface area contributed by atoms with Crippen LogP contribution in [0.1, 0.15) is 10.4 Å². The second-order valence-corrected chi connectivity index (χ2v) is 7.18. The third-order valence-electron chi connectivity index (χ3n) is 4.02. The molecule has 0 unspecified atom stereocenters. The highest BCUT2D eigenvalue weighted by molar-refractivity contribution is 7.09. The van der Waals surface area contributed by atoms with Gasteiger partial charge in [-0.3, -0.25) is 14.4 Å². The number of carbonyl (C=O) groups excluding carboxylic acids is 1. The summed E-state index contributed by atoms with van der Waals surface area (Å²) in [7, 11) is 0. The lowest BCUT2D eigenvalue weighted by Crippen LogP contribution is -2.48. The maximum Gasteiger partial charge on any atom is 0.234 e. The smallest absolute Gasteiger partial charge is 0.234 e. The van der Waals surface area contributed by atoms with Crippen molar-refractivity contribution >= 4 is 17.2 Å². The number of hydrogen-bond donors (Lipinski definition) is 1. The molecule has 1 aliphatic rings. The number of aromatic nitrogens is 2. The largest absolute Gasteiger partial charge is 0.374 e. The third-order valence-corrected chi connectivity index (χ3v) is 4.95. The van der Waals surface area contributed by atoms with Gasteiger partial charge in [-0.1, -0.05) is 6.07 Å². The molecular weight excluding hydrogens is 324 g/mol. The van der Waals surface area contributed by atoms with Crippen LogP contribution in [0.2, 0.25) is 0 Å². The maximum atomic E-state index is 12.1. The highest BCUT2D eigenvalue weighted by atomic mass is 32.1. The Morgan fingerprint density at radius 2 is 2.46 bits per heavy atom. The molecule has 0 aliphatic carbocycles. The first-order valence-corrected chi connectivity index (χ1v) is 9.19. The van der Waals surface area contributed by atoms with Crippen LogP contribution < -0.4 is 5.32 Å². The van der Waals surface area contributed by atoms with Crippen LogP contribution in [0.5, 0.6) is 0 Å². The van der Waals surface area contributed by atoms with Crippen molar-refractivity contribution in [1.29, 1.82) is 0 Å². The molecule has 1 amide bonds. The number of morpholine rings is 1. The van der Waals surface area contributed by atoms with Crippen molar-refractivity contribution in [3.05, 3.63) is 40.3 Å². The van der Waals surface area contributed by atoms with Gasteiger partial charge >= 0.3 is 0 Å². The molecule has 3 rings (SSSR count). The van der Waals surface area contributed by atoms with Gasteiger partial charge in [0.25, 0.3) is 0 Å². The summed E-state index contributed by atoms with van der Waals surface area (Å²) in [5.41, 5.74) is 1.15. The summed E-state index contributed by atoms with van der Waals surface area (Å²) >= 11 is 1.73. The first-order valence-electron chi connectivity index (χ1n) is 8.31. The molecule has 2 aromatic rings. The van der Waals surface area contributed by atoms with Crippen molar-refractivity contribution in [3.63, 3.8) is 0 Å². The van der Waals surface area contributed by atoms with Crippen molar-refractivity contribution in [1.82, 2.24) is 20.0 Å². The SMILES string of the molecule is Cc1cnn(C[C@H]2CN(CC(=O)NCCc3cccs3)CCO2)c1. The molecule has 6 nitrogen and oxygen atoms in total. The Bertz CT molecular complexity index is 641. The van der Waals surface area contributed by atoms with Crippen LogP contribution in [-0.2, 0) is 22.5 Å². The average Bonchev–Trinajstić information content (AvgIpc) is 3.20. The van der Waals surface area contributed by atoms with E-state index in [2.05, 4.69) is 26.8 Å². The Morgan fingerprint density at radius 3 is 3.21 bits per heavy atom. The summed E-state index contributed by atoms with van der Waals surface area (Å²) in [6.45, 7) is 6.10. The fourth-order valence-electron chi connectivity index (χ4n) is 2.85.